The lowest BCUT2D eigenvalue weighted by molar-refractivity contribution is 0.605. The molecule has 0 aromatic carbocycles. The quantitative estimate of drug-likeness (QED) is 0.781. The summed E-state index contributed by atoms with van der Waals surface area (Å²) in [6.45, 7) is 2.05. The topological polar surface area (TPSA) is 24.9 Å². The van der Waals surface area contributed by atoms with Gasteiger partial charge in [-0.3, -0.25) is 0 Å². The number of hydrogen-bond donors (Lipinski definition) is 1. The summed E-state index contributed by atoms with van der Waals surface area (Å²) in [5.74, 6) is 0. The Morgan fingerprint density at radius 3 is 2.72 bits per heavy atom. The zero-order valence-electron chi connectivity index (χ0n) is 9.74. The van der Waals surface area contributed by atoms with E-state index in [2.05, 4.69) is 60.5 Å². The number of thiazole rings is 1. The SMILES string of the molecule is Cc1csc(C(NC2CC2)c2cc(Br)c(Br)s2)n1. The molecule has 0 saturated heterocycles. The number of aromatic nitrogens is 1. The highest BCUT2D eigenvalue weighted by Crippen LogP contribution is 2.39. The number of hydrogen-bond acceptors (Lipinski definition) is 4. The van der Waals surface area contributed by atoms with Crippen LogP contribution < -0.4 is 5.32 Å². The molecule has 2 nitrogen and oxygen atoms in total. The summed E-state index contributed by atoms with van der Waals surface area (Å²) in [6, 6.07) is 3.09. The highest BCUT2D eigenvalue weighted by atomic mass is 79.9. The number of halogens is 2. The van der Waals surface area contributed by atoms with Gasteiger partial charge in [0, 0.05) is 26.5 Å². The highest BCUT2D eigenvalue weighted by molar-refractivity contribution is 9.13. The van der Waals surface area contributed by atoms with Crippen LogP contribution in [0.15, 0.2) is 19.7 Å². The fraction of sp³-hybridized carbons (Fsp3) is 0.417. The van der Waals surface area contributed by atoms with Gasteiger partial charge in [-0.25, -0.2) is 4.98 Å². The monoisotopic (exact) mass is 406 g/mol. The van der Waals surface area contributed by atoms with Gasteiger partial charge in [0.05, 0.1) is 9.83 Å². The minimum absolute atomic E-state index is 0.240. The molecule has 1 aliphatic rings. The lowest BCUT2D eigenvalue weighted by atomic mass is 10.2. The third kappa shape index (κ3) is 2.88. The first-order chi connectivity index (χ1) is 8.63. The van der Waals surface area contributed by atoms with E-state index >= 15 is 0 Å². The van der Waals surface area contributed by atoms with Gasteiger partial charge in [0.2, 0.25) is 0 Å². The molecule has 0 aliphatic heterocycles. The van der Waals surface area contributed by atoms with Crippen molar-refractivity contribution in [1.29, 1.82) is 0 Å². The number of aryl methyl sites for hydroxylation is 1. The van der Waals surface area contributed by atoms with Crippen molar-refractivity contribution >= 4 is 54.5 Å². The number of thiophene rings is 1. The van der Waals surface area contributed by atoms with E-state index in [9.17, 15) is 0 Å². The third-order valence-corrected chi connectivity index (χ3v) is 7.16. The van der Waals surface area contributed by atoms with Crippen molar-refractivity contribution in [3.8, 4) is 0 Å². The molecule has 6 heteroatoms. The van der Waals surface area contributed by atoms with Gasteiger partial charge in [0.15, 0.2) is 0 Å². The molecule has 0 bridgehead atoms. The van der Waals surface area contributed by atoms with E-state index in [1.165, 1.54) is 22.7 Å². The zero-order valence-corrected chi connectivity index (χ0v) is 14.5. The molecule has 2 aromatic rings. The van der Waals surface area contributed by atoms with Crippen molar-refractivity contribution in [2.24, 2.45) is 0 Å². The van der Waals surface area contributed by atoms with Crippen LogP contribution >= 0.6 is 54.5 Å². The Morgan fingerprint density at radius 2 is 2.22 bits per heavy atom. The summed E-state index contributed by atoms with van der Waals surface area (Å²) >= 11 is 10.6. The Morgan fingerprint density at radius 1 is 1.44 bits per heavy atom. The first kappa shape index (κ1) is 13.2. The maximum atomic E-state index is 4.64. The number of nitrogens with zero attached hydrogens (tertiary/aromatic N) is 1. The van der Waals surface area contributed by atoms with Crippen LogP contribution in [0.25, 0.3) is 0 Å². The fourth-order valence-corrected chi connectivity index (χ4v) is 4.87. The molecule has 3 rings (SSSR count). The Bertz CT molecular complexity index is 541. The average molecular weight is 408 g/mol. The maximum Gasteiger partial charge on any atom is 0.115 e. The summed E-state index contributed by atoms with van der Waals surface area (Å²) in [5, 5.41) is 6.98. The van der Waals surface area contributed by atoms with E-state index in [0.717, 1.165) is 14.0 Å². The van der Waals surface area contributed by atoms with Gasteiger partial charge in [-0.1, -0.05) is 0 Å². The molecule has 18 heavy (non-hydrogen) atoms. The van der Waals surface area contributed by atoms with E-state index in [1.54, 1.807) is 22.7 Å². The van der Waals surface area contributed by atoms with Gasteiger partial charge in [0.1, 0.15) is 5.01 Å². The van der Waals surface area contributed by atoms with Crippen molar-refractivity contribution in [1.82, 2.24) is 10.3 Å². The smallest absolute Gasteiger partial charge is 0.115 e. The van der Waals surface area contributed by atoms with Crippen LogP contribution in [0.3, 0.4) is 0 Å². The predicted molar refractivity (Wildman–Crippen MR) is 84.6 cm³/mol. The Hall–Kier alpha value is 0.250. The van der Waals surface area contributed by atoms with Crippen LogP contribution in [0.1, 0.15) is 34.5 Å². The first-order valence-electron chi connectivity index (χ1n) is 5.76. The Kier molecular flexibility index (Phi) is 3.92. The van der Waals surface area contributed by atoms with Crippen LogP contribution in [0, 0.1) is 6.92 Å². The minimum atomic E-state index is 0.240. The molecule has 1 aliphatic carbocycles. The highest BCUT2D eigenvalue weighted by Gasteiger charge is 2.29. The van der Waals surface area contributed by atoms with Crippen LogP contribution in [0.2, 0.25) is 0 Å². The van der Waals surface area contributed by atoms with E-state index in [4.69, 9.17) is 0 Å². The summed E-state index contributed by atoms with van der Waals surface area (Å²) < 4.78 is 2.27. The number of nitrogens with one attached hydrogen (secondary N) is 1. The van der Waals surface area contributed by atoms with Crippen molar-refractivity contribution < 1.29 is 0 Å². The van der Waals surface area contributed by atoms with Gasteiger partial charge in [0.25, 0.3) is 0 Å². The molecule has 0 amide bonds. The standard InChI is InChI=1S/C12H12Br2N2S2/c1-6-5-17-12(15-6)10(16-7-2-3-7)9-4-8(13)11(14)18-9/h4-5,7,10,16H,2-3H2,1H3. The van der Waals surface area contributed by atoms with Crippen LogP contribution in [-0.2, 0) is 0 Å². The predicted octanol–water partition coefficient (Wildman–Crippen LogP) is 4.88. The summed E-state index contributed by atoms with van der Waals surface area (Å²) in [6.07, 6.45) is 2.57. The van der Waals surface area contributed by atoms with Crippen molar-refractivity contribution in [3.63, 3.8) is 0 Å². The molecule has 2 aromatic heterocycles. The molecule has 1 fully saturated rings. The normalized spacial score (nSPS) is 17.1. The lowest BCUT2D eigenvalue weighted by Gasteiger charge is -2.14. The van der Waals surface area contributed by atoms with Crippen LogP contribution in [0.4, 0.5) is 0 Å². The molecule has 1 N–H and O–H groups in total. The van der Waals surface area contributed by atoms with Gasteiger partial charge >= 0.3 is 0 Å². The van der Waals surface area contributed by atoms with E-state index < -0.39 is 0 Å². The van der Waals surface area contributed by atoms with Gasteiger partial charge < -0.3 is 5.32 Å². The van der Waals surface area contributed by atoms with Gasteiger partial charge in [-0.15, -0.1) is 22.7 Å². The second-order valence-corrected chi connectivity index (χ2v) is 8.62. The van der Waals surface area contributed by atoms with Crippen LogP contribution in [0.5, 0.6) is 0 Å². The molecule has 1 saturated carbocycles. The first-order valence-corrected chi connectivity index (χ1v) is 9.04. The minimum Gasteiger partial charge on any atom is -0.301 e. The molecular formula is C12H12Br2N2S2. The molecule has 1 unspecified atom stereocenters. The summed E-state index contributed by atoms with van der Waals surface area (Å²) in [7, 11) is 0. The molecule has 2 heterocycles. The molecular weight excluding hydrogens is 396 g/mol. The lowest BCUT2D eigenvalue weighted by Crippen LogP contribution is -2.23. The van der Waals surface area contributed by atoms with E-state index in [0.29, 0.717) is 6.04 Å². The number of rotatable bonds is 4. The molecule has 0 spiro atoms. The van der Waals surface area contributed by atoms with Crippen LogP contribution in [-0.4, -0.2) is 11.0 Å². The average Bonchev–Trinajstić information content (AvgIpc) is 2.96. The second-order valence-electron chi connectivity index (χ2n) is 4.47. The third-order valence-electron chi connectivity index (χ3n) is 2.81. The van der Waals surface area contributed by atoms with E-state index in [1.807, 2.05) is 0 Å². The second kappa shape index (κ2) is 5.32. The van der Waals surface area contributed by atoms with E-state index in [-0.39, 0.29) is 6.04 Å². The molecule has 96 valence electrons. The van der Waals surface area contributed by atoms with Crippen molar-refractivity contribution in [2.45, 2.75) is 31.8 Å². The Labute approximate surface area is 131 Å². The molecule has 1 atom stereocenters. The van der Waals surface area contributed by atoms with Gasteiger partial charge in [-0.05, 0) is 57.7 Å². The zero-order chi connectivity index (χ0) is 12.7. The van der Waals surface area contributed by atoms with Gasteiger partial charge in [-0.2, -0.15) is 0 Å². The summed E-state index contributed by atoms with van der Waals surface area (Å²) in [5.41, 5.74) is 1.10. The maximum absolute atomic E-state index is 4.64. The largest absolute Gasteiger partial charge is 0.301 e. The molecule has 0 radical (unpaired) electrons. The van der Waals surface area contributed by atoms with Crippen molar-refractivity contribution in [2.75, 3.05) is 0 Å². The Balaban J connectivity index is 1.93. The summed E-state index contributed by atoms with van der Waals surface area (Å²) in [4.78, 5) is 5.95. The van der Waals surface area contributed by atoms with Crippen molar-refractivity contribution in [3.05, 3.63) is 35.3 Å². The fourth-order valence-electron chi connectivity index (χ4n) is 1.77.